The van der Waals surface area contributed by atoms with E-state index in [4.69, 9.17) is 21.1 Å². The Kier molecular flexibility index (Phi) is 3.74. The molecule has 3 nitrogen and oxygen atoms in total. The quantitative estimate of drug-likeness (QED) is 0.910. The van der Waals surface area contributed by atoms with Crippen LogP contribution in [0.3, 0.4) is 0 Å². The summed E-state index contributed by atoms with van der Waals surface area (Å²) in [5, 5.41) is 10.6. The Bertz CT molecular complexity index is 675. The lowest BCUT2D eigenvalue weighted by Gasteiger charge is -2.30. The van der Waals surface area contributed by atoms with Crippen molar-refractivity contribution in [3.8, 4) is 11.5 Å². The summed E-state index contributed by atoms with van der Waals surface area (Å²) < 4.78 is 24.2. The molecule has 21 heavy (non-hydrogen) atoms. The number of hydrogen-bond donors (Lipinski definition) is 1. The molecule has 1 aliphatic heterocycles. The third kappa shape index (κ3) is 2.69. The van der Waals surface area contributed by atoms with Crippen LogP contribution in [-0.2, 0) is 0 Å². The molecule has 0 aromatic heterocycles. The predicted octanol–water partition coefficient (Wildman–Crippen LogP) is 4.04. The van der Waals surface area contributed by atoms with Gasteiger partial charge in [-0.2, -0.15) is 0 Å². The van der Waals surface area contributed by atoms with Crippen LogP contribution in [0.25, 0.3) is 0 Å². The Balaban J connectivity index is 1.96. The van der Waals surface area contributed by atoms with Crippen molar-refractivity contribution in [2.75, 3.05) is 7.11 Å². The van der Waals surface area contributed by atoms with Crippen molar-refractivity contribution >= 4 is 11.6 Å². The summed E-state index contributed by atoms with van der Waals surface area (Å²) in [6, 6.07) is 9.44. The maximum Gasteiger partial charge on any atom is 0.129 e. The Morgan fingerprint density at radius 2 is 2.00 bits per heavy atom. The zero-order valence-electron chi connectivity index (χ0n) is 11.3. The third-order valence-corrected chi connectivity index (χ3v) is 3.92. The fraction of sp³-hybridized carbons (Fsp3) is 0.250. The van der Waals surface area contributed by atoms with Crippen molar-refractivity contribution in [3.05, 3.63) is 58.4 Å². The minimum atomic E-state index is -0.661. The van der Waals surface area contributed by atoms with Crippen molar-refractivity contribution in [1.82, 2.24) is 0 Å². The lowest BCUT2D eigenvalue weighted by molar-refractivity contribution is 0.0655. The summed E-state index contributed by atoms with van der Waals surface area (Å²) in [4.78, 5) is 0. The molecular weight excluding hydrogens is 295 g/mol. The van der Waals surface area contributed by atoms with Gasteiger partial charge in [0.1, 0.15) is 23.4 Å². The van der Waals surface area contributed by atoms with Gasteiger partial charge >= 0.3 is 0 Å². The lowest BCUT2D eigenvalue weighted by atomic mass is 9.95. The van der Waals surface area contributed by atoms with Gasteiger partial charge in [0, 0.05) is 23.6 Å². The molecule has 0 aliphatic carbocycles. The second-order valence-electron chi connectivity index (χ2n) is 4.93. The lowest BCUT2D eigenvalue weighted by Crippen LogP contribution is -2.19. The van der Waals surface area contributed by atoms with Gasteiger partial charge in [0.05, 0.1) is 18.2 Å². The molecule has 0 bridgehead atoms. The molecule has 1 N–H and O–H groups in total. The van der Waals surface area contributed by atoms with E-state index < -0.39 is 18.0 Å². The monoisotopic (exact) mass is 308 g/mol. The number of halogens is 2. The van der Waals surface area contributed by atoms with Crippen LogP contribution >= 0.6 is 11.6 Å². The van der Waals surface area contributed by atoms with Crippen LogP contribution in [0.5, 0.6) is 11.5 Å². The summed E-state index contributed by atoms with van der Waals surface area (Å²) in [7, 11) is 1.56. The van der Waals surface area contributed by atoms with Gasteiger partial charge in [-0.15, -0.1) is 0 Å². The highest BCUT2D eigenvalue weighted by Crippen LogP contribution is 2.43. The first kappa shape index (κ1) is 14.2. The largest absolute Gasteiger partial charge is 0.497 e. The number of aliphatic hydroxyl groups is 1. The van der Waals surface area contributed by atoms with Crippen LogP contribution < -0.4 is 9.47 Å². The van der Waals surface area contributed by atoms with E-state index in [-0.39, 0.29) is 0 Å². The average molecular weight is 309 g/mol. The number of methoxy groups -OCH3 is 1. The van der Waals surface area contributed by atoms with E-state index in [0.29, 0.717) is 34.1 Å². The standard InChI is InChI=1S/C16H14ClFO3/c1-20-10-3-5-12-14(19)8-16(21-15(12)7-10)11-4-2-9(18)6-13(11)17/h2-7,14,16,19H,8H2,1H3. The summed E-state index contributed by atoms with van der Waals surface area (Å²) in [6.07, 6.45) is -0.719. The number of hydrogen-bond acceptors (Lipinski definition) is 3. The molecular formula is C16H14ClFO3. The number of rotatable bonds is 2. The molecule has 0 radical (unpaired) electrons. The maximum atomic E-state index is 13.1. The molecule has 2 unspecified atom stereocenters. The fourth-order valence-corrected chi connectivity index (χ4v) is 2.79. The molecule has 2 atom stereocenters. The Morgan fingerprint density at radius 1 is 1.24 bits per heavy atom. The van der Waals surface area contributed by atoms with Crippen molar-refractivity contribution < 1.29 is 19.0 Å². The van der Waals surface area contributed by atoms with Crippen LogP contribution in [0.1, 0.15) is 29.8 Å². The molecule has 0 saturated carbocycles. The topological polar surface area (TPSA) is 38.7 Å². The maximum absolute atomic E-state index is 13.1. The normalized spacial score (nSPS) is 20.6. The predicted molar refractivity (Wildman–Crippen MR) is 77.3 cm³/mol. The zero-order chi connectivity index (χ0) is 15.0. The number of benzene rings is 2. The first-order valence-electron chi connectivity index (χ1n) is 6.56. The van der Waals surface area contributed by atoms with E-state index >= 15 is 0 Å². The van der Waals surface area contributed by atoms with Crippen molar-refractivity contribution in [2.45, 2.75) is 18.6 Å². The van der Waals surface area contributed by atoms with Gasteiger partial charge < -0.3 is 14.6 Å². The van der Waals surface area contributed by atoms with Crippen molar-refractivity contribution in [1.29, 1.82) is 0 Å². The second kappa shape index (κ2) is 5.54. The molecule has 1 heterocycles. The molecule has 1 aliphatic rings. The van der Waals surface area contributed by atoms with E-state index in [9.17, 15) is 9.50 Å². The fourth-order valence-electron chi connectivity index (χ4n) is 2.50. The van der Waals surface area contributed by atoms with E-state index in [1.807, 2.05) is 0 Å². The Hall–Kier alpha value is -1.78. The molecule has 5 heteroatoms. The van der Waals surface area contributed by atoms with E-state index in [1.54, 1.807) is 31.4 Å². The zero-order valence-corrected chi connectivity index (χ0v) is 12.1. The van der Waals surface area contributed by atoms with Crippen LogP contribution in [-0.4, -0.2) is 12.2 Å². The summed E-state index contributed by atoms with van der Waals surface area (Å²) >= 11 is 6.07. The highest BCUT2D eigenvalue weighted by Gasteiger charge is 2.29. The molecule has 2 aromatic rings. The molecule has 110 valence electrons. The summed E-state index contributed by atoms with van der Waals surface area (Å²) in [5.74, 6) is 0.799. The molecule has 3 rings (SSSR count). The van der Waals surface area contributed by atoms with E-state index in [0.717, 1.165) is 0 Å². The first-order valence-corrected chi connectivity index (χ1v) is 6.94. The van der Waals surface area contributed by atoms with Gasteiger partial charge in [-0.05, 0) is 24.3 Å². The van der Waals surface area contributed by atoms with Crippen LogP contribution in [0.2, 0.25) is 5.02 Å². The van der Waals surface area contributed by atoms with Crippen molar-refractivity contribution in [2.24, 2.45) is 0 Å². The Morgan fingerprint density at radius 3 is 2.71 bits per heavy atom. The highest BCUT2D eigenvalue weighted by atomic mass is 35.5. The van der Waals surface area contributed by atoms with Gasteiger partial charge in [0.15, 0.2) is 0 Å². The third-order valence-electron chi connectivity index (χ3n) is 3.60. The van der Waals surface area contributed by atoms with Crippen molar-refractivity contribution in [3.63, 3.8) is 0 Å². The average Bonchev–Trinajstić information content (AvgIpc) is 2.46. The SMILES string of the molecule is COc1ccc2c(c1)OC(c1ccc(F)cc1Cl)CC2O. The van der Waals surface area contributed by atoms with Crippen LogP contribution in [0.4, 0.5) is 4.39 Å². The highest BCUT2D eigenvalue weighted by molar-refractivity contribution is 6.31. The van der Waals surface area contributed by atoms with Crippen LogP contribution in [0, 0.1) is 5.82 Å². The van der Waals surface area contributed by atoms with E-state index in [2.05, 4.69) is 0 Å². The van der Waals surface area contributed by atoms with Gasteiger partial charge in [-0.3, -0.25) is 0 Å². The number of ether oxygens (including phenoxy) is 2. The summed E-state index contributed by atoms with van der Waals surface area (Å²) in [5.41, 5.74) is 1.37. The van der Waals surface area contributed by atoms with E-state index in [1.165, 1.54) is 12.1 Å². The minimum Gasteiger partial charge on any atom is -0.497 e. The molecule has 2 aromatic carbocycles. The van der Waals surface area contributed by atoms with Gasteiger partial charge in [0.2, 0.25) is 0 Å². The Labute approximate surface area is 126 Å². The minimum absolute atomic E-state index is 0.290. The molecule has 0 spiro atoms. The smallest absolute Gasteiger partial charge is 0.129 e. The molecule has 0 amide bonds. The molecule has 0 saturated heterocycles. The van der Waals surface area contributed by atoms with Gasteiger partial charge in [0.25, 0.3) is 0 Å². The second-order valence-corrected chi connectivity index (χ2v) is 5.33. The molecule has 0 fully saturated rings. The number of aliphatic hydroxyl groups excluding tert-OH is 1. The van der Waals surface area contributed by atoms with Crippen LogP contribution in [0.15, 0.2) is 36.4 Å². The van der Waals surface area contributed by atoms with Gasteiger partial charge in [-0.1, -0.05) is 17.7 Å². The van der Waals surface area contributed by atoms with Gasteiger partial charge in [-0.25, -0.2) is 4.39 Å². The first-order chi connectivity index (χ1) is 10.1. The summed E-state index contributed by atoms with van der Waals surface area (Å²) in [6.45, 7) is 0. The number of fused-ring (bicyclic) bond motifs is 1.